The zero-order chi connectivity index (χ0) is 13.8. The number of rotatable bonds is 4. The Morgan fingerprint density at radius 3 is 2.61 bits per heavy atom. The Morgan fingerprint density at radius 1 is 1.44 bits per heavy atom. The number of carboxylic acids is 1. The van der Waals surface area contributed by atoms with Gasteiger partial charge in [-0.15, -0.1) is 11.8 Å². The zero-order valence-corrected chi connectivity index (χ0v) is 9.81. The molecule has 1 rings (SSSR count). The Kier molecular flexibility index (Phi) is 4.62. The number of nitriles is 1. The van der Waals surface area contributed by atoms with Gasteiger partial charge in [0.15, 0.2) is 0 Å². The molecule has 0 aliphatic rings. The molecule has 96 valence electrons. The highest BCUT2D eigenvalue weighted by atomic mass is 32.2. The summed E-state index contributed by atoms with van der Waals surface area (Å²) in [7, 11) is 0. The largest absolute Gasteiger partial charge is 0.481 e. The number of nitrogens with zero attached hydrogens (tertiary/aromatic N) is 1. The number of hydrogen-bond donors (Lipinski definition) is 1. The lowest BCUT2D eigenvalue weighted by atomic mass is 10.1. The summed E-state index contributed by atoms with van der Waals surface area (Å²) in [6.07, 6.45) is -4.72. The van der Waals surface area contributed by atoms with Crippen LogP contribution in [0.2, 0.25) is 0 Å². The molecule has 0 radical (unpaired) electrons. The van der Waals surface area contributed by atoms with Gasteiger partial charge in [0.25, 0.3) is 0 Å². The highest BCUT2D eigenvalue weighted by Gasteiger charge is 2.33. The van der Waals surface area contributed by atoms with E-state index < -0.39 is 23.3 Å². The fraction of sp³-hybridized carbons (Fsp3) is 0.273. The molecule has 0 aliphatic heterocycles. The van der Waals surface area contributed by atoms with E-state index >= 15 is 0 Å². The number of alkyl halides is 3. The van der Waals surface area contributed by atoms with Crippen LogP contribution >= 0.6 is 11.8 Å². The normalized spacial score (nSPS) is 11.0. The van der Waals surface area contributed by atoms with Crippen LogP contribution in [0.15, 0.2) is 23.1 Å². The Balaban J connectivity index is 2.91. The molecular formula is C11H8F3NO2S. The van der Waals surface area contributed by atoms with Gasteiger partial charge >= 0.3 is 12.1 Å². The average molecular weight is 275 g/mol. The van der Waals surface area contributed by atoms with E-state index in [1.165, 1.54) is 12.1 Å². The third kappa shape index (κ3) is 3.96. The quantitative estimate of drug-likeness (QED) is 0.857. The van der Waals surface area contributed by atoms with Crippen molar-refractivity contribution < 1.29 is 23.1 Å². The zero-order valence-electron chi connectivity index (χ0n) is 8.99. The standard InChI is InChI=1S/C11H8F3NO2S/c12-11(13,14)9-5-8(2-1-7(9)6-15)18-4-3-10(16)17/h1-2,5H,3-4H2,(H,16,17). The van der Waals surface area contributed by atoms with Crippen molar-refractivity contribution in [2.24, 2.45) is 0 Å². The molecule has 7 heteroatoms. The number of carbonyl (C=O) groups is 1. The van der Waals surface area contributed by atoms with Gasteiger partial charge in [-0.3, -0.25) is 4.79 Å². The molecule has 18 heavy (non-hydrogen) atoms. The molecule has 0 bridgehead atoms. The molecule has 0 atom stereocenters. The van der Waals surface area contributed by atoms with Crippen LogP contribution in [0.25, 0.3) is 0 Å². The molecule has 0 fully saturated rings. The van der Waals surface area contributed by atoms with Crippen molar-refractivity contribution in [3.05, 3.63) is 29.3 Å². The first-order chi connectivity index (χ1) is 8.34. The van der Waals surface area contributed by atoms with Gasteiger partial charge in [0.05, 0.1) is 23.6 Å². The molecule has 0 aromatic heterocycles. The smallest absolute Gasteiger partial charge is 0.417 e. The Labute approximate surface area is 105 Å². The molecular weight excluding hydrogens is 267 g/mol. The molecule has 0 saturated heterocycles. The van der Waals surface area contributed by atoms with Crippen molar-refractivity contribution in [3.8, 4) is 6.07 Å². The van der Waals surface area contributed by atoms with Crippen LogP contribution in [0, 0.1) is 11.3 Å². The Morgan fingerprint density at radius 2 is 2.11 bits per heavy atom. The van der Waals surface area contributed by atoms with Crippen LogP contribution in [0.3, 0.4) is 0 Å². The van der Waals surface area contributed by atoms with Crippen LogP contribution < -0.4 is 0 Å². The summed E-state index contributed by atoms with van der Waals surface area (Å²) >= 11 is 1.01. The average Bonchev–Trinajstić information content (AvgIpc) is 2.27. The lowest BCUT2D eigenvalue weighted by molar-refractivity contribution is -0.138. The van der Waals surface area contributed by atoms with E-state index in [1.807, 2.05) is 0 Å². The second-order valence-corrected chi connectivity index (χ2v) is 4.48. The van der Waals surface area contributed by atoms with E-state index in [4.69, 9.17) is 10.4 Å². The third-order valence-corrected chi connectivity index (χ3v) is 3.00. The highest BCUT2D eigenvalue weighted by Crippen LogP contribution is 2.34. The fourth-order valence-corrected chi connectivity index (χ4v) is 2.08. The van der Waals surface area contributed by atoms with Gasteiger partial charge in [0.1, 0.15) is 0 Å². The summed E-state index contributed by atoms with van der Waals surface area (Å²) in [5.41, 5.74) is -1.43. The SMILES string of the molecule is N#Cc1ccc(SCCC(=O)O)cc1C(F)(F)F. The van der Waals surface area contributed by atoms with Gasteiger partial charge < -0.3 is 5.11 Å². The minimum Gasteiger partial charge on any atom is -0.481 e. The second-order valence-electron chi connectivity index (χ2n) is 3.31. The number of thioether (sulfide) groups is 1. The van der Waals surface area contributed by atoms with Crippen LogP contribution in [-0.2, 0) is 11.0 Å². The van der Waals surface area contributed by atoms with Gasteiger partial charge in [-0.05, 0) is 18.2 Å². The predicted octanol–water partition coefficient (Wildman–Crippen LogP) is 3.14. The first-order valence-electron chi connectivity index (χ1n) is 4.80. The van der Waals surface area contributed by atoms with Crippen molar-refractivity contribution in [2.45, 2.75) is 17.5 Å². The van der Waals surface area contributed by atoms with Gasteiger partial charge in [0.2, 0.25) is 0 Å². The molecule has 0 saturated carbocycles. The second kappa shape index (κ2) is 5.78. The Bertz CT molecular complexity index is 494. The molecule has 0 amide bonds. The van der Waals surface area contributed by atoms with Crippen LogP contribution in [0.1, 0.15) is 17.5 Å². The number of aliphatic carboxylic acids is 1. The maximum Gasteiger partial charge on any atom is 0.417 e. The third-order valence-electron chi connectivity index (χ3n) is 2.00. The van der Waals surface area contributed by atoms with Crippen LogP contribution in [-0.4, -0.2) is 16.8 Å². The summed E-state index contributed by atoms with van der Waals surface area (Å²) in [6.45, 7) is 0. The molecule has 1 aromatic rings. The maximum atomic E-state index is 12.6. The Hall–Kier alpha value is -1.68. The van der Waals surface area contributed by atoms with E-state index in [9.17, 15) is 18.0 Å². The predicted molar refractivity (Wildman–Crippen MR) is 59.1 cm³/mol. The maximum absolute atomic E-state index is 12.6. The first kappa shape index (κ1) is 14.4. The molecule has 1 aromatic carbocycles. The summed E-state index contributed by atoms with van der Waals surface area (Å²) in [5, 5.41) is 17.0. The minimum absolute atomic E-state index is 0.133. The van der Waals surface area contributed by atoms with Crippen molar-refractivity contribution in [1.82, 2.24) is 0 Å². The molecule has 1 N–H and O–H groups in total. The monoisotopic (exact) mass is 275 g/mol. The number of halogens is 3. The molecule has 0 heterocycles. The summed E-state index contributed by atoms with van der Waals surface area (Å²) < 4.78 is 37.8. The minimum atomic E-state index is -4.59. The first-order valence-corrected chi connectivity index (χ1v) is 5.79. The molecule has 0 spiro atoms. The fourth-order valence-electron chi connectivity index (χ4n) is 1.20. The number of hydrogen-bond acceptors (Lipinski definition) is 3. The van der Waals surface area contributed by atoms with Gasteiger partial charge in [-0.2, -0.15) is 18.4 Å². The molecule has 0 aliphatic carbocycles. The van der Waals surface area contributed by atoms with Gasteiger partial charge in [0, 0.05) is 10.6 Å². The van der Waals surface area contributed by atoms with Crippen molar-refractivity contribution in [1.29, 1.82) is 5.26 Å². The number of carboxylic acid groups (broad SMARTS) is 1. The summed E-state index contributed by atoms with van der Waals surface area (Å²) in [4.78, 5) is 10.6. The van der Waals surface area contributed by atoms with Crippen molar-refractivity contribution in [2.75, 3.05) is 5.75 Å². The van der Waals surface area contributed by atoms with Crippen LogP contribution in [0.4, 0.5) is 13.2 Å². The highest BCUT2D eigenvalue weighted by molar-refractivity contribution is 7.99. The van der Waals surface area contributed by atoms with E-state index in [-0.39, 0.29) is 12.2 Å². The summed E-state index contributed by atoms with van der Waals surface area (Å²) in [5.74, 6) is -0.828. The van der Waals surface area contributed by atoms with Crippen LogP contribution in [0.5, 0.6) is 0 Å². The van der Waals surface area contributed by atoms with E-state index in [0.29, 0.717) is 4.90 Å². The van der Waals surface area contributed by atoms with Gasteiger partial charge in [-0.1, -0.05) is 0 Å². The van der Waals surface area contributed by atoms with Gasteiger partial charge in [-0.25, -0.2) is 0 Å². The molecule has 0 unspecified atom stereocenters. The molecule has 3 nitrogen and oxygen atoms in total. The van der Waals surface area contributed by atoms with Crippen molar-refractivity contribution in [3.63, 3.8) is 0 Å². The van der Waals surface area contributed by atoms with E-state index in [0.717, 1.165) is 23.9 Å². The number of benzene rings is 1. The summed E-state index contributed by atoms with van der Waals surface area (Å²) in [6, 6.07) is 4.81. The van der Waals surface area contributed by atoms with Crippen molar-refractivity contribution >= 4 is 17.7 Å². The lowest BCUT2D eigenvalue weighted by Crippen LogP contribution is -2.08. The topological polar surface area (TPSA) is 61.1 Å². The lowest BCUT2D eigenvalue weighted by Gasteiger charge is -2.10. The van der Waals surface area contributed by atoms with E-state index in [1.54, 1.807) is 0 Å². The van der Waals surface area contributed by atoms with E-state index in [2.05, 4.69) is 0 Å².